The van der Waals surface area contributed by atoms with E-state index in [0.29, 0.717) is 31.6 Å². The van der Waals surface area contributed by atoms with Gasteiger partial charge in [0.05, 0.1) is 30.2 Å². The highest BCUT2D eigenvalue weighted by Gasteiger charge is 2.50. The first-order chi connectivity index (χ1) is 18.3. The number of carbonyl (C=O) groups is 2. The number of fused-ring (bicyclic) bond motifs is 1. The van der Waals surface area contributed by atoms with Crippen LogP contribution in [0.4, 0.5) is 0 Å². The van der Waals surface area contributed by atoms with Gasteiger partial charge in [0.15, 0.2) is 11.5 Å². The molecule has 7 heteroatoms. The van der Waals surface area contributed by atoms with Crippen molar-refractivity contribution in [1.29, 1.82) is 5.26 Å². The Bertz CT molecular complexity index is 1410. The third-order valence-electron chi connectivity index (χ3n) is 8.61. The van der Waals surface area contributed by atoms with Gasteiger partial charge in [0, 0.05) is 11.8 Å². The number of hydrogen-bond donors (Lipinski definition) is 2. The lowest BCUT2D eigenvalue weighted by molar-refractivity contribution is -0.184. The molecule has 3 fully saturated rings. The van der Waals surface area contributed by atoms with E-state index < -0.39 is 16.6 Å². The molecule has 7 nitrogen and oxygen atoms in total. The molecule has 2 N–H and O–H groups in total. The summed E-state index contributed by atoms with van der Waals surface area (Å²) in [5.74, 6) is -0.232. The summed E-state index contributed by atoms with van der Waals surface area (Å²) in [7, 11) is 0. The summed E-state index contributed by atoms with van der Waals surface area (Å²) in [6, 6.07) is 17.6. The number of hydrogen-bond acceptors (Lipinski definition) is 6. The van der Waals surface area contributed by atoms with E-state index in [1.807, 2.05) is 42.5 Å². The number of carbonyl (C=O) groups excluding carboxylic acids is 2. The Morgan fingerprint density at radius 2 is 1.61 bits per heavy atom. The summed E-state index contributed by atoms with van der Waals surface area (Å²) in [5.41, 5.74) is 0.927. The van der Waals surface area contributed by atoms with Crippen LogP contribution in [0.5, 0.6) is 0 Å². The molecule has 1 aliphatic heterocycles. The summed E-state index contributed by atoms with van der Waals surface area (Å²) in [6.07, 6.45) is 6.73. The second-order valence-electron chi connectivity index (χ2n) is 11.4. The summed E-state index contributed by atoms with van der Waals surface area (Å²) in [4.78, 5) is 26.9. The molecule has 0 atom stereocenters. The molecular weight excluding hydrogens is 480 g/mol. The van der Waals surface area contributed by atoms with E-state index in [4.69, 9.17) is 9.15 Å². The van der Waals surface area contributed by atoms with Crippen LogP contribution in [0, 0.1) is 16.7 Å². The number of rotatable bonds is 7. The fraction of sp³-hybridized carbons (Fsp3) is 0.452. The van der Waals surface area contributed by atoms with Crippen LogP contribution in [0.2, 0.25) is 0 Å². The van der Waals surface area contributed by atoms with E-state index >= 15 is 0 Å². The third-order valence-corrected chi connectivity index (χ3v) is 8.61. The van der Waals surface area contributed by atoms with Crippen molar-refractivity contribution in [2.24, 2.45) is 5.41 Å². The Balaban J connectivity index is 1.23. The van der Waals surface area contributed by atoms with Crippen LogP contribution in [0.1, 0.15) is 73.9 Å². The van der Waals surface area contributed by atoms with Crippen LogP contribution in [-0.2, 0) is 15.1 Å². The van der Waals surface area contributed by atoms with Gasteiger partial charge in [0.2, 0.25) is 0 Å². The second kappa shape index (κ2) is 9.37. The van der Waals surface area contributed by atoms with Crippen molar-refractivity contribution in [3.8, 4) is 17.2 Å². The van der Waals surface area contributed by atoms with Gasteiger partial charge in [-0.3, -0.25) is 9.59 Å². The quantitative estimate of drug-likeness (QED) is 0.410. The van der Waals surface area contributed by atoms with Gasteiger partial charge < -0.3 is 19.6 Å². The third kappa shape index (κ3) is 4.53. The zero-order valence-electron chi connectivity index (χ0n) is 21.4. The van der Waals surface area contributed by atoms with Crippen molar-refractivity contribution in [3.63, 3.8) is 0 Å². The smallest absolute Gasteiger partial charge is 0.287 e. The number of ketones is 1. The molecule has 2 aromatic carbocycles. The van der Waals surface area contributed by atoms with Gasteiger partial charge in [-0.15, -0.1) is 0 Å². The SMILES string of the molecule is N#CC1(CC(=O)C2(NC(=O)c3cc4ccc(-c5ccc(C6(O)COC6)cc5)cc4o3)CCCCCC2)CC1. The van der Waals surface area contributed by atoms with E-state index in [2.05, 4.69) is 11.4 Å². The van der Waals surface area contributed by atoms with Crippen molar-refractivity contribution in [2.75, 3.05) is 13.2 Å². The number of nitriles is 1. The number of benzene rings is 2. The van der Waals surface area contributed by atoms with Crippen molar-refractivity contribution in [1.82, 2.24) is 5.32 Å². The maximum atomic E-state index is 13.5. The highest BCUT2D eigenvalue weighted by Crippen LogP contribution is 2.49. The molecule has 3 aromatic rings. The molecule has 6 rings (SSSR count). The van der Waals surface area contributed by atoms with Crippen LogP contribution in [0.15, 0.2) is 52.9 Å². The van der Waals surface area contributed by atoms with Crippen LogP contribution in [0.25, 0.3) is 22.1 Å². The van der Waals surface area contributed by atoms with Gasteiger partial charge in [0.1, 0.15) is 11.2 Å². The molecule has 2 aliphatic carbocycles. The van der Waals surface area contributed by atoms with E-state index in [0.717, 1.165) is 60.6 Å². The minimum Gasteiger partial charge on any atom is -0.451 e. The largest absolute Gasteiger partial charge is 0.451 e. The van der Waals surface area contributed by atoms with Gasteiger partial charge in [-0.2, -0.15) is 5.26 Å². The standard InChI is InChI=1S/C31H32N2O5/c32-18-29(13-14-29)17-27(34)30(11-3-1-2-4-12-30)33-28(35)26-16-23-6-5-22(15-25(23)38-26)21-7-9-24(10-8-21)31(36)19-37-20-31/h5-10,15-16,36H,1-4,11-14,17,19-20H2,(H,33,35). The Hall–Kier alpha value is -3.47. The number of nitrogens with one attached hydrogen (secondary N) is 1. The van der Waals surface area contributed by atoms with E-state index in [1.165, 1.54) is 0 Å². The lowest BCUT2D eigenvalue weighted by atomic mass is 9.81. The topological polar surface area (TPSA) is 113 Å². The van der Waals surface area contributed by atoms with Gasteiger partial charge in [-0.05, 0) is 54.5 Å². The zero-order valence-corrected chi connectivity index (χ0v) is 21.4. The lowest BCUT2D eigenvalue weighted by Crippen LogP contribution is -2.54. The van der Waals surface area contributed by atoms with Gasteiger partial charge in [-0.25, -0.2) is 0 Å². The molecule has 2 saturated carbocycles. The fourth-order valence-electron chi connectivity index (χ4n) is 5.80. The number of amides is 1. The maximum absolute atomic E-state index is 13.5. The summed E-state index contributed by atoms with van der Waals surface area (Å²) < 4.78 is 11.1. The van der Waals surface area contributed by atoms with Crippen LogP contribution >= 0.6 is 0 Å². The molecule has 1 aromatic heterocycles. The Morgan fingerprint density at radius 3 is 2.21 bits per heavy atom. The van der Waals surface area contributed by atoms with Gasteiger partial charge >= 0.3 is 0 Å². The Morgan fingerprint density at radius 1 is 0.921 bits per heavy atom. The molecule has 38 heavy (non-hydrogen) atoms. The van der Waals surface area contributed by atoms with Crippen LogP contribution < -0.4 is 5.32 Å². The van der Waals surface area contributed by atoms with Crippen molar-refractivity contribution >= 4 is 22.7 Å². The van der Waals surface area contributed by atoms with E-state index in [-0.39, 0.29) is 23.9 Å². The monoisotopic (exact) mass is 512 g/mol. The van der Waals surface area contributed by atoms with Crippen LogP contribution in [-0.4, -0.2) is 35.5 Å². The van der Waals surface area contributed by atoms with Gasteiger partial charge in [0.25, 0.3) is 5.91 Å². The molecular formula is C31H32N2O5. The molecule has 1 saturated heterocycles. The van der Waals surface area contributed by atoms with Crippen molar-refractivity contribution in [3.05, 3.63) is 59.9 Å². The predicted molar refractivity (Wildman–Crippen MR) is 141 cm³/mol. The first kappa shape index (κ1) is 24.8. The predicted octanol–water partition coefficient (Wildman–Crippen LogP) is 5.40. The van der Waals surface area contributed by atoms with Crippen molar-refractivity contribution in [2.45, 2.75) is 68.9 Å². The number of aliphatic hydroxyl groups is 1. The number of ether oxygens (including phenoxy) is 1. The minimum absolute atomic E-state index is 0.0215. The Labute approximate surface area is 221 Å². The molecule has 2 heterocycles. The van der Waals surface area contributed by atoms with E-state index in [1.54, 1.807) is 6.07 Å². The van der Waals surface area contributed by atoms with E-state index in [9.17, 15) is 20.0 Å². The zero-order chi connectivity index (χ0) is 26.4. The molecule has 0 radical (unpaired) electrons. The molecule has 0 bridgehead atoms. The highest BCUT2D eigenvalue weighted by atomic mass is 16.5. The molecule has 0 spiro atoms. The number of Topliss-reactive ketones (excluding diaryl/α,β-unsaturated/α-hetero) is 1. The van der Waals surface area contributed by atoms with Crippen LogP contribution in [0.3, 0.4) is 0 Å². The molecule has 3 aliphatic rings. The average molecular weight is 513 g/mol. The molecule has 196 valence electrons. The van der Waals surface area contributed by atoms with Gasteiger partial charge in [-0.1, -0.05) is 62.1 Å². The first-order valence-electron chi connectivity index (χ1n) is 13.6. The average Bonchev–Trinajstić information content (AvgIpc) is 3.62. The first-order valence-corrected chi connectivity index (χ1v) is 13.6. The van der Waals surface area contributed by atoms with Crippen molar-refractivity contribution < 1.29 is 23.8 Å². The molecule has 1 amide bonds. The second-order valence-corrected chi connectivity index (χ2v) is 11.4. The summed E-state index contributed by atoms with van der Waals surface area (Å²) in [5, 5.41) is 23.9. The maximum Gasteiger partial charge on any atom is 0.287 e. The highest BCUT2D eigenvalue weighted by molar-refractivity contribution is 6.01. The lowest BCUT2D eigenvalue weighted by Gasteiger charge is -2.36. The minimum atomic E-state index is -0.943. The fourth-order valence-corrected chi connectivity index (χ4v) is 5.80. The summed E-state index contributed by atoms with van der Waals surface area (Å²) in [6.45, 7) is 0.614. The number of nitrogens with zero attached hydrogens (tertiary/aromatic N) is 1. The number of furan rings is 1. The normalized spacial score (nSPS) is 21.1. The summed E-state index contributed by atoms with van der Waals surface area (Å²) >= 11 is 0. The molecule has 0 unspecified atom stereocenters. The Kier molecular flexibility index (Phi) is 6.13.